The van der Waals surface area contributed by atoms with Crippen LogP contribution in [0.15, 0.2) is 42.5 Å². The Morgan fingerprint density at radius 2 is 1.69 bits per heavy atom. The van der Waals surface area contributed by atoms with E-state index in [9.17, 15) is 22.4 Å². The van der Waals surface area contributed by atoms with Gasteiger partial charge in [0.1, 0.15) is 18.4 Å². The van der Waals surface area contributed by atoms with Gasteiger partial charge >= 0.3 is 0 Å². The summed E-state index contributed by atoms with van der Waals surface area (Å²) in [6.45, 7) is 0.941. The summed E-state index contributed by atoms with van der Waals surface area (Å²) in [6.07, 6.45) is 4.93. The van der Waals surface area contributed by atoms with Crippen LogP contribution in [-0.4, -0.2) is 50.0 Å². The Kier molecular flexibility index (Phi) is 9.60. The summed E-state index contributed by atoms with van der Waals surface area (Å²) in [5.74, 6) is -1.81. The Morgan fingerprint density at radius 3 is 2.25 bits per heavy atom. The molecule has 2 aromatic carbocycles. The van der Waals surface area contributed by atoms with Gasteiger partial charge in [0.2, 0.25) is 21.8 Å². The summed E-state index contributed by atoms with van der Waals surface area (Å²) in [5.41, 5.74) is 0.172. The first-order valence-electron chi connectivity index (χ1n) is 11.8. The predicted octanol–water partition coefficient (Wildman–Crippen LogP) is 4.76. The van der Waals surface area contributed by atoms with E-state index in [4.69, 9.17) is 23.2 Å². The lowest BCUT2D eigenvalue weighted by Gasteiger charge is -2.33. The zero-order chi connectivity index (χ0) is 26.5. The molecule has 196 valence electrons. The molecule has 0 unspecified atom stereocenters. The molecule has 0 bridgehead atoms. The number of carbonyl (C=O) groups is 2. The van der Waals surface area contributed by atoms with Gasteiger partial charge in [0.15, 0.2) is 0 Å². The topological polar surface area (TPSA) is 86.8 Å². The second-order valence-corrected chi connectivity index (χ2v) is 11.6. The van der Waals surface area contributed by atoms with Crippen LogP contribution in [0.2, 0.25) is 10.0 Å². The minimum absolute atomic E-state index is 0.0262. The lowest BCUT2D eigenvalue weighted by atomic mass is 10.1. The van der Waals surface area contributed by atoms with Gasteiger partial charge in [-0.2, -0.15) is 0 Å². The zero-order valence-corrected chi connectivity index (χ0v) is 22.5. The highest BCUT2D eigenvalue weighted by Crippen LogP contribution is 2.28. The second-order valence-electron chi connectivity index (χ2n) is 8.86. The van der Waals surface area contributed by atoms with Crippen molar-refractivity contribution in [2.24, 2.45) is 0 Å². The van der Waals surface area contributed by atoms with Gasteiger partial charge < -0.3 is 10.2 Å². The van der Waals surface area contributed by atoms with Crippen molar-refractivity contribution in [1.29, 1.82) is 0 Å². The van der Waals surface area contributed by atoms with Crippen molar-refractivity contribution in [2.75, 3.05) is 17.1 Å². The molecule has 1 saturated carbocycles. The van der Waals surface area contributed by atoms with Gasteiger partial charge in [-0.25, -0.2) is 12.8 Å². The molecule has 0 aliphatic heterocycles. The first-order valence-corrected chi connectivity index (χ1v) is 14.4. The maximum absolute atomic E-state index is 14.5. The molecule has 2 aromatic rings. The molecule has 1 aliphatic rings. The minimum Gasteiger partial charge on any atom is -0.352 e. The average molecular weight is 559 g/mol. The predicted molar refractivity (Wildman–Crippen MR) is 140 cm³/mol. The number of nitrogens with one attached hydrogen (secondary N) is 1. The van der Waals surface area contributed by atoms with Crippen LogP contribution in [0, 0.1) is 5.82 Å². The molecule has 0 aromatic heterocycles. The summed E-state index contributed by atoms with van der Waals surface area (Å²) < 4.78 is 40.4. The standard InChI is InChI=1S/C25H30Cl2FN3O4S/c1-3-22(25(33)29-17-9-4-5-10-17)30(15-18-19(26)11-8-12-20(18)27)24(32)16-31(36(2,34)35)23-14-7-6-13-21(23)28/h6-8,11-14,17,22H,3-5,9-10,15-16H2,1-2H3,(H,29,33)/t22-/m1/s1. The largest absolute Gasteiger partial charge is 0.352 e. The Labute approximate surface area is 221 Å². The molecule has 36 heavy (non-hydrogen) atoms. The lowest BCUT2D eigenvalue weighted by Crippen LogP contribution is -2.53. The van der Waals surface area contributed by atoms with Crippen molar-refractivity contribution < 1.29 is 22.4 Å². The Balaban J connectivity index is 1.98. The number of nitrogens with zero attached hydrogens (tertiary/aromatic N) is 2. The fourth-order valence-electron chi connectivity index (χ4n) is 4.39. The van der Waals surface area contributed by atoms with E-state index in [-0.39, 0.29) is 30.6 Å². The van der Waals surface area contributed by atoms with Crippen molar-refractivity contribution in [2.45, 2.75) is 57.7 Å². The average Bonchev–Trinajstić information content (AvgIpc) is 3.32. The minimum atomic E-state index is -4.04. The number of para-hydroxylation sites is 1. The molecular weight excluding hydrogens is 528 g/mol. The quantitative estimate of drug-likeness (QED) is 0.456. The number of hydrogen-bond donors (Lipinski definition) is 1. The first kappa shape index (κ1) is 28.2. The summed E-state index contributed by atoms with van der Waals surface area (Å²) in [7, 11) is -4.04. The molecule has 7 nitrogen and oxygen atoms in total. The molecule has 1 aliphatic carbocycles. The van der Waals surface area contributed by atoms with Crippen molar-refractivity contribution in [3.05, 3.63) is 63.9 Å². The molecule has 11 heteroatoms. The van der Waals surface area contributed by atoms with Crippen molar-refractivity contribution in [3.8, 4) is 0 Å². The van der Waals surface area contributed by atoms with E-state index in [0.29, 0.717) is 19.9 Å². The number of hydrogen-bond acceptors (Lipinski definition) is 4. The van der Waals surface area contributed by atoms with E-state index < -0.39 is 34.3 Å². The summed E-state index contributed by atoms with van der Waals surface area (Å²) in [4.78, 5) is 28.2. The van der Waals surface area contributed by atoms with E-state index in [1.807, 2.05) is 0 Å². The van der Waals surface area contributed by atoms with Gasteiger partial charge in [0, 0.05) is 28.2 Å². The third-order valence-corrected chi connectivity index (χ3v) is 8.11. The van der Waals surface area contributed by atoms with Gasteiger partial charge in [-0.05, 0) is 43.5 Å². The number of anilines is 1. The molecule has 1 atom stereocenters. The van der Waals surface area contributed by atoms with Crippen LogP contribution >= 0.6 is 23.2 Å². The fourth-order valence-corrected chi connectivity index (χ4v) is 5.76. The molecule has 2 amide bonds. The Bertz CT molecular complexity index is 1190. The van der Waals surface area contributed by atoms with Gasteiger partial charge in [-0.1, -0.05) is 61.2 Å². The monoisotopic (exact) mass is 557 g/mol. The molecule has 1 fully saturated rings. The number of carbonyl (C=O) groups excluding carboxylic acids is 2. The van der Waals surface area contributed by atoms with Crippen LogP contribution in [0.25, 0.3) is 0 Å². The molecule has 0 radical (unpaired) electrons. The van der Waals surface area contributed by atoms with Crippen LogP contribution in [-0.2, 0) is 26.2 Å². The third-order valence-electron chi connectivity index (χ3n) is 6.28. The SMILES string of the molecule is CC[C@H](C(=O)NC1CCCC1)N(Cc1c(Cl)cccc1Cl)C(=O)CN(c1ccccc1F)S(C)(=O)=O. The first-order chi connectivity index (χ1) is 17.0. The van der Waals surface area contributed by atoms with Gasteiger partial charge in [-0.15, -0.1) is 0 Å². The third kappa shape index (κ3) is 6.89. The van der Waals surface area contributed by atoms with Gasteiger partial charge in [0.25, 0.3) is 0 Å². The highest BCUT2D eigenvalue weighted by atomic mass is 35.5. The van der Waals surface area contributed by atoms with E-state index in [1.54, 1.807) is 25.1 Å². The van der Waals surface area contributed by atoms with Crippen LogP contribution in [0.5, 0.6) is 0 Å². The highest BCUT2D eigenvalue weighted by molar-refractivity contribution is 7.92. The summed E-state index contributed by atoms with van der Waals surface area (Å²) in [5, 5.41) is 3.63. The normalized spacial score (nSPS) is 14.9. The number of amides is 2. The van der Waals surface area contributed by atoms with Crippen molar-refractivity contribution >= 4 is 50.7 Å². The molecule has 1 N–H and O–H groups in total. The zero-order valence-electron chi connectivity index (χ0n) is 20.2. The molecule has 0 spiro atoms. The molecular formula is C25H30Cl2FN3O4S. The van der Waals surface area contributed by atoms with E-state index >= 15 is 0 Å². The molecule has 0 heterocycles. The van der Waals surface area contributed by atoms with Gasteiger partial charge in [0.05, 0.1) is 11.9 Å². The summed E-state index contributed by atoms with van der Waals surface area (Å²) in [6, 6.07) is 9.31. The van der Waals surface area contributed by atoms with Crippen molar-refractivity contribution in [3.63, 3.8) is 0 Å². The van der Waals surface area contributed by atoms with Crippen LogP contribution < -0.4 is 9.62 Å². The van der Waals surface area contributed by atoms with E-state index in [2.05, 4.69) is 5.32 Å². The number of benzene rings is 2. The smallest absolute Gasteiger partial charge is 0.244 e. The number of rotatable bonds is 10. The number of sulfonamides is 1. The fraction of sp³-hybridized carbons (Fsp3) is 0.440. The Hall–Kier alpha value is -2.36. The molecule has 3 rings (SSSR count). The molecule has 0 saturated heterocycles. The maximum Gasteiger partial charge on any atom is 0.244 e. The summed E-state index contributed by atoms with van der Waals surface area (Å²) >= 11 is 12.7. The van der Waals surface area contributed by atoms with Crippen LogP contribution in [0.4, 0.5) is 10.1 Å². The van der Waals surface area contributed by atoms with Crippen molar-refractivity contribution in [1.82, 2.24) is 10.2 Å². The lowest BCUT2D eigenvalue weighted by molar-refractivity contribution is -0.140. The van der Waals surface area contributed by atoms with Gasteiger partial charge in [-0.3, -0.25) is 13.9 Å². The van der Waals surface area contributed by atoms with Crippen LogP contribution in [0.3, 0.4) is 0 Å². The van der Waals surface area contributed by atoms with E-state index in [0.717, 1.165) is 38.0 Å². The highest BCUT2D eigenvalue weighted by Gasteiger charge is 2.34. The number of halogens is 3. The maximum atomic E-state index is 14.5. The van der Waals surface area contributed by atoms with Crippen LogP contribution in [0.1, 0.15) is 44.6 Å². The van der Waals surface area contributed by atoms with E-state index in [1.165, 1.54) is 23.1 Å². The second kappa shape index (κ2) is 12.3. The Morgan fingerprint density at radius 1 is 1.08 bits per heavy atom.